The molecule has 0 saturated carbocycles. The van der Waals surface area contributed by atoms with E-state index in [2.05, 4.69) is 21.9 Å². The number of phenols is 1. The third-order valence-corrected chi connectivity index (χ3v) is 5.11. The molecule has 2 aromatic rings. The summed E-state index contributed by atoms with van der Waals surface area (Å²) in [4.78, 5) is 4.90. The SMILES string of the molecule is CCOc1ccc(CN2CCN(Cc3ccc(O)cc3)C[C@H]2CCO)cc1. The Morgan fingerprint density at radius 1 is 0.963 bits per heavy atom. The van der Waals surface area contributed by atoms with Gasteiger partial charge in [0.1, 0.15) is 11.5 Å². The molecule has 5 nitrogen and oxygen atoms in total. The first-order valence-corrected chi connectivity index (χ1v) is 9.75. The van der Waals surface area contributed by atoms with Crippen LogP contribution in [0.25, 0.3) is 0 Å². The number of rotatable bonds is 8. The standard InChI is InChI=1S/C22H30N2O3/c1-2-27-22-9-5-19(6-10-22)16-24-13-12-23(17-20(24)11-14-25)15-18-3-7-21(26)8-4-18/h3-10,20,25-26H,2,11-17H2,1H3/t20-/m1/s1. The van der Waals surface area contributed by atoms with Crippen molar-refractivity contribution in [3.05, 3.63) is 59.7 Å². The second-order valence-electron chi connectivity index (χ2n) is 7.12. The number of hydrogen-bond acceptors (Lipinski definition) is 5. The summed E-state index contributed by atoms with van der Waals surface area (Å²) in [6, 6.07) is 16.1. The van der Waals surface area contributed by atoms with E-state index in [1.54, 1.807) is 12.1 Å². The Morgan fingerprint density at radius 3 is 2.30 bits per heavy atom. The predicted molar refractivity (Wildman–Crippen MR) is 107 cm³/mol. The van der Waals surface area contributed by atoms with E-state index in [1.807, 2.05) is 31.2 Å². The Hall–Kier alpha value is -2.08. The molecule has 3 rings (SSSR count). The molecular formula is C22H30N2O3. The summed E-state index contributed by atoms with van der Waals surface area (Å²) in [7, 11) is 0. The first kappa shape index (κ1) is 19.7. The first-order chi connectivity index (χ1) is 13.2. The molecule has 0 aromatic heterocycles. The van der Waals surface area contributed by atoms with Crippen LogP contribution in [0.15, 0.2) is 48.5 Å². The molecule has 1 atom stereocenters. The molecule has 2 aromatic carbocycles. The Morgan fingerprint density at radius 2 is 1.63 bits per heavy atom. The maximum Gasteiger partial charge on any atom is 0.119 e. The molecule has 1 aliphatic heterocycles. The summed E-state index contributed by atoms with van der Waals surface area (Å²) in [5, 5.41) is 19.0. The van der Waals surface area contributed by atoms with Gasteiger partial charge in [0, 0.05) is 45.4 Å². The van der Waals surface area contributed by atoms with Gasteiger partial charge in [0.15, 0.2) is 0 Å². The monoisotopic (exact) mass is 370 g/mol. The van der Waals surface area contributed by atoms with Crippen molar-refractivity contribution in [2.75, 3.05) is 32.8 Å². The van der Waals surface area contributed by atoms with Gasteiger partial charge in [-0.1, -0.05) is 24.3 Å². The van der Waals surface area contributed by atoms with Gasteiger partial charge in [-0.3, -0.25) is 9.80 Å². The zero-order chi connectivity index (χ0) is 19.1. The Kier molecular flexibility index (Phi) is 7.10. The van der Waals surface area contributed by atoms with E-state index in [0.29, 0.717) is 18.4 Å². The lowest BCUT2D eigenvalue weighted by atomic mass is 10.1. The van der Waals surface area contributed by atoms with Gasteiger partial charge in [-0.25, -0.2) is 0 Å². The van der Waals surface area contributed by atoms with E-state index < -0.39 is 0 Å². The lowest BCUT2D eigenvalue weighted by Crippen LogP contribution is -2.52. The van der Waals surface area contributed by atoms with Crippen LogP contribution in [-0.2, 0) is 13.1 Å². The van der Waals surface area contributed by atoms with Crippen molar-refractivity contribution < 1.29 is 14.9 Å². The molecule has 1 fully saturated rings. The average Bonchev–Trinajstić information content (AvgIpc) is 2.68. The van der Waals surface area contributed by atoms with Crippen LogP contribution in [0, 0.1) is 0 Å². The number of ether oxygens (including phenoxy) is 1. The third-order valence-electron chi connectivity index (χ3n) is 5.11. The minimum atomic E-state index is 0.206. The van der Waals surface area contributed by atoms with Crippen molar-refractivity contribution >= 4 is 0 Å². The molecule has 1 heterocycles. The Labute approximate surface area is 161 Å². The maximum absolute atomic E-state index is 9.51. The van der Waals surface area contributed by atoms with Gasteiger partial charge in [0.25, 0.3) is 0 Å². The average molecular weight is 370 g/mol. The minimum absolute atomic E-state index is 0.206. The van der Waals surface area contributed by atoms with E-state index in [9.17, 15) is 10.2 Å². The van der Waals surface area contributed by atoms with Gasteiger partial charge in [-0.2, -0.15) is 0 Å². The van der Waals surface area contributed by atoms with Crippen LogP contribution < -0.4 is 4.74 Å². The normalized spacial score (nSPS) is 18.5. The quantitative estimate of drug-likeness (QED) is 0.748. The molecule has 0 unspecified atom stereocenters. The first-order valence-electron chi connectivity index (χ1n) is 9.75. The summed E-state index contributed by atoms with van der Waals surface area (Å²) >= 11 is 0. The number of phenolic OH excluding ortho intramolecular Hbond substituents is 1. The zero-order valence-corrected chi connectivity index (χ0v) is 16.1. The fourth-order valence-electron chi connectivity index (χ4n) is 3.68. The highest BCUT2D eigenvalue weighted by Crippen LogP contribution is 2.20. The van der Waals surface area contributed by atoms with Gasteiger partial charge in [-0.05, 0) is 48.7 Å². The van der Waals surface area contributed by atoms with Crippen LogP contribution in [0.1, 0.15) is 24.5 Å². The summed E-state index contributed by atoms with van der Waals surface area (Å²) in [5.41, 5.74) is 2.48. The fraction of sp³-hybridized carbons (Fsp3) is 0.455. The van der Waals surface area contributed by atoms with E-state index in [-0.39, 0.29) is 6.61 Å². The summed E-state index contributed by atoms with van der Waals surface area (Å²) < 4.78 is 5.52. The molecule has 0 aliphatic carbocycles. The number of aliphatic hydroxyl groups is 1. The second kappa shape index (κ2) is 9.74. The Bertz CT molecular complexity index is 688. The van der Waals surface area contributed by atoms with Crippen molar-refractivity contribution in [2.24, 2.45) is 0 Å². The molecule has 27 heavy (non-hydrogen) atoms. The lowest BCUT2D eigenvalue weighted by Gasteiger charge is -2.41. The van der Waals surface area contributed by atoms with Gasteiger partial charge < -0.3 is 14.9 Å². The van der Waals surface area contributed by atoms with Crippen LogP contribution in [-0.4, -0.2) is 58.9 Å². The smallest absolute Gasteiger partial charge is 0.119 e. The van der Waals surface area contributed by atoms with E-state index in [1.165, 1.54) is 11.1 Å². The second-order valence-corrected chi connectivity index (χ2v) is 7.12. The fourth-order valence-corrected chi connectivity index (χ4v) is 3.68. The number of nitrogens with zero attached hydrogens (tertiary/aromatic N) is 2. The van der Waals surface area contributed by atoms with Crippen LogP contribution in [0.3, 0.4) is 0 Å². The minimum Gasteiger partial charge on any atom is -0.508 e. The molecule has 0 radical (unpaired) electrons. The van der Waals surface area contributed by atoms with Crippen LogP contribution >= 0.6 is 0 Å². The van der Waals surface area contributed by atoms with Crippen LogP contribution in [0.4, 0.5) is 0 Å². The van der Waals surface area contributed by atoms with Gasteiger partial charge in [0.05, 0.1) is 6.61 Å². The number of aromatic hydroxyl groups is 1. The van der Waals surface area contributed by atoms with Gasteiger partial charge in [0.2, 0.25) is 0 Å². The maximum atomic E-state index is 9.51. The molecule has 0 amide bonds. The highest BCUT2D eigenvalue weighted by Gasteiger charge is 2.26. The van der Waals surface area contributed by atoms with Crippen LogP contribution in [0.5, 0.6) is 11.5 Å². The largest absolute Gasteiger partial charge is 0.508 e. The molecular weight excluding hydrogens is 340 g/mol. The summed E-state index contributed by atoms with van der Waals surface area (Å²) in [6.45, 7) is 7.57. The lowest BCUT2D eigenvalue weighted by molar-refractivity contribution is 0.0499. The Balaban J connectivity index is 1.59. The van der Waals surface area contributed by atoms with Gasteiger partial charge in [-0.15, -0.1) is 0 Å². The van der Waals surface area contributed by atoms with E-state index in [0.717, 1.165) is 44.9 Å². The van der Waals surface area contributed by atoms with Crippen molar-refractivity contribution in [3.8, 4) is 11.5 Å². The number of piperazine rings is 1. The van der Waals surface area contributed by atoms with Crippen molar-refractivity contribution in [3.63, 3.8) is 0 Å². The molecule has 5 heteroatoms. The van der Waals surface area contributed by atoms with Gasteiger partial charge >= 0.3 is 0 Å². The summed E-state index contributed by atoms with van der Waals surface area (Å²) in [6.07, 6.45) is 0.781. The molecule has 0 spiro atoms. The zero-order valence-electron chi connectivity index (χ0n) is 16.1. The highest BCUT2D eigenvalue weighted by atomic mass is 16.5. The molecule has 1 aliphatic rings. The van der Waals surface area contributed by atoms with E-state index in [4.69, 9.17) is 4.74 Å². The third kappa shape index (κ3) is 5.70. The molecule has 0 bridgehead atoms. The predicted octanol–water partition coefficient (Wildman–Crippen LogP) is 2.86. The number of hydrogen-bond donors (Lipinski definition) is 2. The van der Waals surface area contributed by atoms with E-state index >= 15 is 0 Å². The highest BCUT2D eigenvalue weighted by molar-refractivity contribution is 5.27. The molecule has 146 valence electrons. The van der Waals surface area contributed by atoms with Crippen molar-refractivity contribution in [2.45, 2.75) is 32.5 Å². The van der Waals surface area contributed by atoms with Crippen molar-refractivity contribution in [1.29, 1.82) is 0 Å². The molecule has 2 N–H and O–H groups in total. The summed E-state index contributed by atoms with van der Waals surface area (Å²) in [5.74, 6) is 1.21. The van der Waals surface area contributed by atoms with Crippen LogP contribution in [0.2, 0.25) is 0 Å². The molecule has 1 saturated heterocycles. The number of benzene rings is 2. The topological polar surface area (TPSA) is 56.2 Å². The van der Waals surface area contributed by atoms with Crippen molar-refractivity contribution in [1.82, 2.24) is 9.80 Å². The number of aliphatic hydroxyl groups excluding tert-OH is 1.